The van der Waals surface area contributed by atoms with Crippen LogP contribution in [0.5, 0.6) is 0 Å². The highest BCUT2D eigenvalue weighted by Crippen LogP contribution is 2.36. The fourth-order valence-corrected chi connectivity index (χ4v) is 6.59. The number of hydrogen-bond acceptors (Lipinski definition) is 9. The highest BCUT2D eigenvalue weighted by atomic mass is 28.4. The molecule has 1 saturated heterocycles. The van der Waals surface area contributed by atoms with E-state index in [4.69, 9.17) is 24.6 Å². The summed E-state index contributed by atoms with van der Waals surface area (Å²) >= 11 is 0. The van der Waals surface area contributed by atoms with Crippen molar-refractivity contribution in [3.05, 3.63) is 132 Å². The van der Waals surface area contributed by atoms with Gasteiger partial charge < -0.3 is 40.3 Å². The predicted molar refractivity (Wildman–Crippen MR) is 228 cm³/mol. The summed E-state index contributed by atoms with van der Waals surface area (Å²) < 4.78 is 5.84. The summed E-state index contributed by atoms with van der Waals surface area (Å²) in [4.78, 5) is 22.5. The number of H-pyrrole nitrogens is 1. The van der Waals surface area contributed by atoms with Gasteiger partial charge in [0, 0.05) is 40.7 Å². The van der Waals surface area contributed by atoms with E-state index in [2.05, 4.69) is 62.1 Å². The Morgan fingerprint density at radius 3 is 2.04 bits per heavy atom. The number of benzene rings is 3. The van der Waals surface area contributed by atoms with Crippen molar-refractivity contribution in [3.63, 3.8) is 0 Å². The zero-order valence-corrected chi connectivity index (χ0v) is 34.9. The maximum atomic E-state index is 13.3. The van der Waals surface area contributed by atoms with Crippen LogP contribution in [-0.4, -0.2) is 108 Å². The highest BCUT2D eigenvalue weighted by Gasteiger charge is 2.46. The first-order valence-corrected chi connectivity index (χ1v) is 22.2. The Kier molecular flexibility index (Phi) is 20.1. The average molecular weight is 800 g/mol. The lowest BCUT2D eigenvalue weighted by atomic mass is 9.95. The number of carbonyl (C=O) groups is 1. The quantitative estimate of drug-likeness (QED) is 0.0522. The van der Waals surface area contributed by atoms with Gasteiger partial charge in [-0.25, -0.2) is 0 Å². The van der Waals surface area contributed by atoms with Gasteiger partial charge in [-0.1, -0.05) is 105 Å². The number of aliphatic hydroxyl groups excluding tert-OH is 5. The van der Waals surface area contributed by atoms with Crippen molar-refractivity contribution in [1.29, 1.82) is 0 Å². The van der Waals surface area contributed by atoms with Gasteiger partial charge in [-0.15, -0.1) is 0 Å². The van der Waals surface area contributed by atoms with Crippen LogP contribution >= 0.6 is 0 Å². The Bertz CT molecular complexity index is 1870. The summed E-state index contributed by atoms with van der Waals surface area (Å²) in [7, 11) is -1.59. The molecular formula is C45H61N3O8Si. The molecule has 0 aliphatic carbocycles. The predicted octanol–water partition coefficient (Wildman–Crippen LogP) is 5.10. The molecule has 1 amide bonds. The van der Waals surface area contributed by atoms with Crippen LogP contribution in [0.15, 0.2) is 109 Å². The van der Waals surface area contributed by atoms with Gasteiger partial charge in [0.15, 0.2) is 8.32 Å². The molecule has 1 aliphatic rings. The molecule has 0 unspecified atom stereocenters. The van der Waals surface area contributed by atoms with Crippen LogP contribution in [0.1, 0.15) is 43.0 Å². The number of hydroxylamine groups is 2. The number of rotatable bonds is 14. The molecular weight excluding hydrogens is 739 g/mol. The maximum absolute atomic E-state index is 13.3. The zero-order chi connectivity index (χ0) is 41.7. The molecule has 1 aromatic heterocycles. The summed E-state index contributed by atoms with van der Waals surface area (Å²) in [6.07, 6.45) is 8.55. The maximum Gasteiger partial charge on any atom is 0.240 e. The minimum Gasteiger partial charge on any atom is -0.413 e. The van der Waals surface area contributed by atoms with Crippen molar-refractivity contribution in [3.8, 4) is 11.8 Å². The van der Waals surface area contributed by atoms with Crippen molar-refractivity contribution in [2.45, 2.75) is 64.0 Å². The fraction of sp³-hybridized carbons (Fsp3) is 0.400. The van der Waals surface area contributed by atoms with Crippen molar-refractivity contribution < 1.29 is 39.6 Å². The topological polar surface area (TPSA) is 168 Å². The molecule has 57 heavy (non-hydrogen) atoms. The van der Waals surface area contributed by atoms with Crippen LogP contribution < -0.4 is 5.32 Å². The molecule has 4 aromatic rings. The molecule has 0 bridgehead atoms. The monoisotopic (exact) mass is 799 g/mol. The summed E-state index contributed by atoms with van der Waals surface area (Å²) in [6, 6.07) is 24.9. The van der Waals surface area contributed by atoms with E-state index in [0.29, 0.717) is 26.1 Å². The first kappa shape index (κ1) is 47.0. The first-order valence-electron chi connectivity index (χ1n) is 19.3. The van der Waals surface area contributed by atoms with Crippen LogP contribution in [0.25, 0.3) is 10.9 Å². The van der Waals surface area contributed by atoms with E-state index < -0.39 is 26.4 Å². The van der Waals surface area contributed by atoms with E-state index in [1.54, 1.807) is 11.1 Å². The van der Waals surface area contributed by atoms with Crippen molar-refractivity contribution >= 4 is 25.1 Å². The summed E-state index contributed by atoms with van der Waals surface area (Å²) in [5.41, 5.74) is 4.95. The third-order valence-electron chi connectivity index (χ3n) is 9.91. The van der Waals surface area contributed by atoms with Gasteiger partial charge in [0.2, 0.25) is 5.91 Å². The largest absolute Gasteiger partial charge is 0.413 e. The standard InChI is InChI=1S/C31H31N3O4.C10H22O2Si.C4H8O2/c35-20-27-29(21-36)38-34(19-24-14-12-23(13-15-24)11-10-22-6-2-1-3-7-22)30(27)31(37)32-17-16-25-18-33-28-9-5-4-8-26(25)28;1-10(2,3)13(4,5)12-9-7-6-8-11;5-3-1-2-4-6/h1-9,12-15,18,27,29-30,33,35-36H,16-17,19-21H2,(H,32,37);6-7,11H,8-9H2,1-5H3;1-2,5-6H,3-4H2/b;7-6-;2-1-/t27-,29+,30+;;/m1../s1. The zero-order valence-electron chi connectivity index (χ0n) is 33.9. The molecule has 2 heterocycles. The molecule has 3 aromatic carbocycles. The lowest BCUT2D eigenvalue weighted by Gasteiger charge is -2.35. The summed E-state index contributed by atoms with van der Waals surface area (Å²) in [6.45, 7) is 12.1. The molecule has 0 saturated carbocycles. The Labute approximate surface area is 338 Å². The highest BCUT2D eigenvalue weighted by molar-refractivity contribution is 6.74. The van der Waals surface area contributed by atoms with E-state index >= 15 is 0 Å². The second-order valence-electron chi connectivity index (χ2n) is 15.0. The van der Waals surface area contributed by atoms with Crippen LogP contribution in [0.2, 0.25) is 18.1 Å². The number of aliphatic hydroxyl groups is 5. The fourth-order valence-electron chi connectivity index (χ4n) is 5.65. The normalized spacial score (nSPS) is 17.1. The average Bonchev–Trinajstić information content (AvgIpc) is 3.79. The minimum absolute atomic E-state index is 0.0144. The van der Waals surface area contributed by atoms with Gasteiger partial charge in [-0.3, -0.25) is 9.63 Å². The van der Waals surface area contributed by atoms with Gasteiger partial charge in [0.1, 0.15) is 12.1 Å². The van der Waals surface area contributed by atoms with Gasteiger partial charge in [0.25, 0.3) is 0 Å². The molecule has 3 atom stereocenters. The van der Waals surface area contributed by atoms with Crippen LogP contribution in [0.3, 0.4) is 0 Å². The lowest BCUT2D eigenvalue weighted by Crippen LogP contribution is -2.47. The molecule has 12 heteroatoms. The smallest absolute Gasteiger partial charge is 0.240 e. The second-order valence-corrected chi connectivity index (χ2v) is 19.8. The minimum atomic E-state index is -1.59. The number of aromatic nitrogens is 1. The number of carbonyl (C=O) groups excluding carboxylic acids is 1. The van der Waals surface area contributed by atoms with Crippen molar-refractivity contribution in [2.75, 3.05) is 46.2 Å². The summed E-state index contributed by atoms with van der Waals surface area (Å²) in [5, 5.41) is 50.4. The van der Waals surface area contributed by atoms with Crippen molar-refractivity contribution in [2.24, 2.45) is 5.92 Å². The number of nitrogens with one attached hydrogen (secondary N) is 2. The molecule has 0 radical (unpaired) electrons. The molecule has 0 spiro atoms. The number of aromatic amines is 1. The Morgan fingerprint density at radius 1 is 0.842 bits per heavy atom. The van der Waals surface area contributed by atoms with E-state index in [1.165, 1.54) is 12.2 Å². The van der Waals surface area contributed by atoms with Crippen molar-refractivity contribution in [1.82, 2.24) is 15.4 Å². The number of hydrogen-bond donors (Lipinski definition) is 7. The van der Waals surface area contributed by atoms with Gasteiger partial charge in [0.05, 0.1) is 46.2 Å². The Hall–Kier alpha value is -4.39. The van der Waals surface area contributed by atoms with Gasteiger partial charge >= 0.3 is 0 Å². The molecule has 7 N–H and O–H groups in total. The van der Waals surface area contributed by atoms with E-state index in [0.717, 1.165) is 33.2 Å². The second kappa shape index (κ2) is 24.4. The molecule has 5 rings (SSSR count). The van der Waals surface area contributed by atoms with E-state index in [1.807, 2.05) is 85.1 Å². The van der Waals surface area contributed by atoms with Gasteiger partial charge in [-0.05, 0) is 66.0 Å². The summed E-state index contributed by atoms with van der Waals surface area (Å²) in [5.74, 6) is 5.54. The van der Waals surface area contributed by atoms with Gasteiger partial charge in [-0.2, -0.15) is 5.06 Å². The van der Waals surface area contributed by atoms with Crippen LogP contribution in [0.4, 0.5) is 0 Å². The Balaban J connectivity index is 0.000000381. The van der Waals surface area contributed by atoms with Crippen LogP contribution in [-0.2, 0) is 27.0 Å². The van der Waals surface area contributed by atoms with E-state index in [9.17, 15) is 15.0 Å². The molecule has 308 valence electrons. The SMILES string of the molecule is CC(C)(C)[Si](C)(C)OC/C=C\CO.O=C(NCCc1c[nH]c2ccccc12)[C@@H]1[C@H](CO)[C@H](CO)ON1Cc1ccc(C#Cc2ccccc2)cc1.OC/C=C\CO. The molecule has 11 nitrogen and oxygen atoms in total. The number of amides is 1. The van der Waals surface area contributed by atoms with Crippen LogP contribution in [0, 0.1) is 17.8 Å². The molecule has 1 fully saturated rings. The van der Waals surface area contributed by atoms with E-state index in [-0.39, 0.29) is 44.0 Å². The first-order chi connectivity index (χ1) is 27.4. The number of para-hydroxylation sites is 1. The lowest BCUT2D eigenvalue weighted by molar-refractivity contribution is -0.181. The number of fused-ring (bicyclic) bond motifs is 1. The number of nitrogens with zero attached hydrogens (tertiary/aromatic N) is 1. The third kappa shape index (κ3) is 15.1. The molecule has 1 aliphatic heterocycles. The third-order valence-corrected chi connectivity index (χ3v) is 14.4. The Morgan fingerprint density at radius 2 is 1.44 bits per heavy atom.